The van der Waals surface area contributed by atoms with Crippen LogP contribution in [0.5, 0.6) is 0 Å². The second-order valence-corrected chi connectivity index (χ2v) is 4.30. The summed E-state index contributed by atoms with van der Waals surface area (Å²) in [5.74, 6) is 0. The molecule has 1 aromatic heterocycles. The molecule has 15 heavy (non-hydrogen) atoms. The average Bonchev–Trinajstić information content (AvgIpc) is 2.63. The molecule has 0 spiro atoms. The first-order valence-corrected chi connectivity index (χ1v) is 5.58. The topological polar surface area (TPSA) is 37.8 Å². The van der Waals surface area contributed by atoms with E-state index in [9.17, 15) is 0 Å². The van der Waals surface area contributed by atoms with Gasteiger partial charge >= 0.3 is 0 Å². The molecular weight excluding hydrogens is 230 g/mol. The Hall–Kier alpha value is -1.13. The van der Waals surface area contributed by atoms with E-state index in [1.54, 1.807) is 0 Å². The van der Waals surface area contributed by atoms with Crippen molar-refractivity contribution in [3.63, 3.8) is 0 Å². The third-order valence-corrected chi connectivity index (χ3v) is 2.80. The lowest BCUT2D eigenvalue weighted by atomic mass is 10.2. The van der Waals surface area contributed by atoms with Crippen LogP contribution in [0.25, 0.3) is 11.0 Å². The van der Waals surface area contributed by atoms with E-state index in [4.69, 9.17) is 11.6 Å². The number of nitrogens with one attached hydrogen (secondary N) is 1. The van der Waals surface area contributed by atoms with E-state index in [1.807, 2.05) is 19.1 Å². The van der Waals surface area contributed by atoms with Crippen molar-refractivity contribution < 1.29 is 0 Å². The van der Waals surface area contributed by atoms with Gasteiger partial charge in [0, 0.05) is 6.54 Å². The fraction of sp³-hybridized carbons (Fsp3) is 0.200. The average molecular weight is 240 g/mol. The Kier molecular flexibility index (Phi) is 2.88. The number of nitrogens with zero attached hydrogens (tertiary/aromatic N) is 2. The molecule has 3 nitrogen and oxygen atoms in total. The maximum Gasteiger partial charge on any atom is 0.129 e. The van der Waals surface area contributed by atoms with Crippen molar-refractivity contribution in [1.29, 1.82) is 0 Å². The van der Waals surface area contributed by atoms with Crippen LogP contribution in [0.1, 0.15) is 6.92 Å². The molecule has 0 radical (unpaired) electrons. The predicted molar refractivity (Wildman–Crippen MR) is 65.7 cm³/mol. The molecule has 78 valence electrons. The summed E-state index contributed by atoms with van der Waals surface area (Å²) in [6.07, 6.45) is 0. The second-order valence-electron chi connectivity index (χ2n) is 3.37. The Morgan fingerprint density at radius 2 is 2.33 bits per heavy atom. The zero-order valence-electron chi connectivity index (χ0n) is 8.25. The molecule has 1 aromatic carbocycles. The first-order valence-electron chi connectivity index (χ1n) is 4.47. The molecular formula is C10H10ClN3S. The standard InChI is InChI=1S/C10H10ClN3S/c1-6(2)5-12-9-7(11)3-4-8-10(9)14-15-13-8/h3-4,12H,1,5H2,2H3. The van der Waals surface area contributed by atoms with Crippen LogP contribution in [-0.4, -0.2) is 15.3 Å². The predicted octanol–water partition coefficient (Wildman–Crippen LogP) is 3.33. The van der Waals surface area contributed by atoms with Gasteiger partial charge in [0.05, 0.1) is 22.4 Å². The molecule has 0 atom stereocenters. The fourth-order valence-electron chi connectivity index (χ4n) is 1.23. The maximum absolute atomic E-state index is 6.09. The molecule has 0 aliphatic heterocycles. The number of hydrogen-bond donors (Lipinski definition) is 1. The molecule has 0 aliphatic carbocycles. The van der Waals surface area contributed by atoms with E-state index in [1.165, 1.54) is 11.7 Å². The van der Waals surface area contributed by atoms with Crippen LogP contribution in [0, 0.1) is 0 Å². The number of anilines is 1. The van der Waals surface area contributed by atoms with Crippen molar-refractivity contribution in [1.82, 2.24) is 8.75 Å². The Labute approximate surface area is 97.1 Å². The maximum atomic E-state index is 6.09. The largest absolute Gasteiger partial charge is 0.378 e. The minimum atomic E-state index is 0.663. The summed E-state index contributed by atoms with van der Waals surface area (Å²) in [5.41, 5.74) is 3.58. The minimum Gasteiger partial charge on any atom is -0.378 e. The second kappa shape index (κ2) is 4.16. The van der Waals surface area contributed by atoms with Gasteiger partial charge in [-0.15, -0.1) is 0 Å². The Morgan fingerprint density at radius 3 is 3.07 bits per heavy atom. The summed E-state index contributed by atoms with van der Waals surface area (Å²) in [7, 11) is 0. The number of benzene rings is 1. The van der Waals surface area contributed by atoms with Crippen LogP contribution >= 0.6 is 23.3 Å². The summed E-state index contributed by atoms with van der Waals surface area (Å²) in [4.78, 5) is 0. The van der Waals surface area contributed by atoms with E-state index < -0.39 is 0 Å². The first kappa shape index (κ1) is 10.4. The van der Waals surface area contributed by atoms with Crippen LogP contribution in [0.2, 0.25) is 5.02 Å². The van der Waals surface area contributed by atoms with Crippen LogP contribution in [-0.2, 0) is 0 Å². The zero-order valence-corrected chi connectivity index (χ0v) is 9.82. The van der Waals surface area contributed by atoms with Gasteiger partial charge in [-0.05, 0) is 19.1 Å². The summed E-state index contributed by atoms with van der Waals surface area (Å²) in [6, 6.07) is 3.69. The highest BCUT2D eigenvalue weighted by Gasteiger charge is 2.08. The molecule has 0 saturated carbocycles. The van der Waals surface area contributed by atoms with Crippen LogP contribution < -0.4 is 5.32 Å². The number of fused-ring (bicyclic) bond motifs is 1. The van der Waals surface area contributed by atoms with Crippen molar-refractivity contribution in [3.8, 4) is 0 Å². The lowest BCUT2D eigenvalue weighted by Gasteiger charge is -2.07. The molecule has 1 N–H and O–H groups in total. The molecule has 0 saturated heterocycles. The Morgan fingerprint density at radius 1 is 1.53 bits per heavy atom. The quantitative estimate of drug-likeness (QED) is 0.835. The summed E-state index contributed by atoms with van der Waals surface area (Å²) in [6.45, 7) is 6.48. The van der Waals surface area contributed by atoms with Crippen molar-refractivity contribution >= 4 is 40.0 Å². The fourth-order valence-corrected chi connectivity index (χ4v) is 2.00. The van der Waals surface area contributed by atoms with E-state index in [0.29, 0.717) is 11.6 Å². The van der Waals surface area contributed by atoms with Crippen molar-refractivity contribution in [2.75, 3.05) is 11.9 Å². The smallest absolute Gasteiger partial charge is 0.129 e. The molecule has 5 heteroatoms. The van der Waals surface area contributed by atoms with Gasteiger partial charge in [0.1, 0.15) is 11.0 Å². The molecule has 0 unspecified atom stereocenters. The third-order valence-electron chi connectivity index (χ3n) is 1.94. The van der Waals surface area contributed by atoms with Crippen molar-refractivity contribution in [3.05, 3.63) is 29.3 Å². The summed E-state index contributed by atoms with van der Waals surface area (Å²) < 4.78 is 8.37. The van der Waals surface area contributed by atoms with E-state index >= 15 is 0 Å². The number of aromatic nitrogens is 2. The number of halogens is 1. The van der Waals surface area contributed by atoms with Crippen molar-refractivity contribution in [2.24, 2.45) is 0 Å². The molecule has 2 aromatic rings. The lowest BCUT2D eigenvalue weighted by Crippen LogP contribution is -2.02. The third kappa shape index (κ3) is 2.11. The zero-order chi connectivity index (χ0) is 10.8. The van der Waals surface area contributed by atoms with Gasteiger partial charge in [0.2, 0.25) is 0 Å². The Balaban J connectivity index is 2.42. The highest BCUT2D eigenvalue weighted by atomic mass is 35.5. The van der Waals surface area contributed by atoms with E-state index in [-0.39, 0.29) is 0 Å². The molecule has 0 fully saturated rings. The molecule has 2 rings (SSSR count). The molecule has 1 heterocycles. The molecule has 0 amide bonds. The van der Waals surface area contributed by atoms with Gasteiger partial charge in [-0.25, -0.2) is 0 Å². The molecule has 0 bridgehead atoms. The highest BCUT2D eigenvalue weighted by Crippen LogP contribution is 2.29. The van der Waals surface area contributed by atoms with Crippen LogP contribution in [0.3, 0.4) is 0 Å². The summed E-state index contributed by atoms with van der Waals surface area (Å²) >= 11 is 7.28. The first-order chi connectivity index (χ1) is 7.18. The van der Waals surface area contributed by atoms with Gasteiger partial charge in [0.25, 0.3) is 0 Å². The van der Waals surface area contributed by atoms with Gasteiger partial charge in [-0.1, -0.05) is 23.8 Å². The number of hydrogen-bond acceptors (Lipinski definition) is 4. The number of rotatable bonds is 3. The summed E-state index contributed by atoms with van der Waals surface area (Å²) in [5, 5.41) is 3.88. The minimum absolute atomic E-state index is 0.663. The van der Waals surface area contributed by atoms with Gasteiger partial charge in [0.15, 0.2) is 0 Å². The van der Waals surface area contributed by atoms with Crippen LogP contribution in [0.4, 0.5) is 5.69 Å². The Bertz CT molecular complexity index is 506. The van der Waals surface area contributed by atoms with E-state index in [2.05, 4.69) is 20.6 Å². The lowest BCUT2D eigenvalue weighted by molar-refractivity contribution is 1.22. The normalized spacial score (nSPS) is 10.5. The molecule has 0 aliphatic rings. The van der Waals surface area contributed by atoms with Gasteiger partial charge < -0.3 is 5.32 Å². The van der Waals surface area contributed by atoms with E-state index in [0.717, 1.165) is 22.3 Å². The highest BCUT2D eigenvalue weighted by molar-refractivity contribution is 7.00. The van der Waals surface area contributed by atoms with Gasteiger partial charge in [-0.3, -0.25) is 0 Å². The van der Waals surface area contributed by atoms with Crippen molar-refractivity contribution in [2.45, 2.75) is 6.92 Å². The monoisotopic (exact) mass is 239 g/mol. The van der Waals surface area contributed by atoms with Gasteiger partial charge in [-0.2, -0.15) is 8.75 Å². The SMILES string of the molecule is C=C(C)CNc1c(Cl)ccc2nsnc12. The van der Waals surface area contributed by atoms with Crippen LogP contribution in [0.15, 0.2) is 24.3 Å².